The van der Waals surface area contributed by atoms with Crippen molar-refractivity contribution in [2.24, 2.45) is 0 Å². The Labute approximate surface area is 193 Å². The second kappa shape index (κ2) is 13.5. The van der Waals surface area contributed by atoms with Crippen LogP contribution in [0, 0.1) is 10.1 Å². The Hall–Kier alpha value is -2.87. The second-order valence-electron chi connectivity index (χ2n) is 7.45. The Morgan fingerprint density at radius 1 is 1.06 bits per heavy atom. The lowest BCUT2D eigenvalue weighted by Crippen LogP contribution is -2.50. The summed E-state index contributed by atoms with van der Waals surface area (Å²) in [5, 5.41) is 13.7. The van der Waals surface area contributed by atoms with Gasteiger partial charge in [-0.2, -0.15) is 0 Å². The first-order valence-corrected chi connectivity index (χ1v) is 12.0. The zero-order valence-corrected chi connectivity index (χ0v) is 19.5. The summed E-state index contributed by atoms with van der Waals surface area (Å²) in [5.41, 5.74) is 2.08. The Kier molecular flexibility index (Phi) is 10.7. The molecular formula is C24H31N3O4S. The number of carbonyl (C=O) groups excluding carboxylic acids is 2. The van der Waals surface area contributed by atoms with Gasteiger partial charge < -0.3 is 10.2 Å². The lowest BCUT2D eigenvalue weighted by Gasteiger charge is -2.30. The van der Waals surface area contributed by atoms with E-state index in [4.69, 9.17) is 0 Å². The number of benzene rings is 2. The molecule has 0 aliphatic carbocycles. The van der Waals surface area contributed by atoms with Gasteiger partial charge in [-0.25, -0.2) is 0 Å². The van der Waals surface area contributed by atoms with E-state index in [1.807, 2.05) is 44.2 Å². The van der Waals surface area contributed by atoms with Crippen LogP contribution in [0.3, 0.4) is 0 Å². The van der Waals surface area contributed by atoms with E-state index in [1.165, 1.54) is 23.9 Å². The number of nitro groups is 1. The number of hydrogen-bond acceptors (Lipinski definition) is 5. The van der Waals surface area contributed by atoms with Crippen molar-refractivity contribution in [3.05, 3.63) is 75.8 Å². The van der Waals surface area contributed by atoms with Crippen molar-refractivity contribution in [3.8, 4) is 0 Å². The highest BCUT2D eigenvalue weighted by atomic mass is 32.2. The largest absolute Gasteiger partial charge is 0.354 e. The third-order valence-electron chi connectivity index (χ3n) is 5.06. The molecule has 0 saturated carbocycles. The van der Waals surface area contributed by atoms with Crippen LogP contribution in [0.2, 0.25) is 0 Å². The molecule has 7 nitrogen and oxygen atoms in total. The van der Waals surface area contributed by atoms with Crippen LogP contribution in [-0.2, 0) is 21.8 Å². The number of rotatable bonds is 13. The van der Waals surface area contributed by atoms with Crippen LogP contribution in [0.1, 0.15) is 37.8 Å². The van der Waals surface area contributed by atoms with Crippen LogP contribution in [0.4, 0.5) is 5.69 Å². The Morgan fingerprint density at radius 3 is 2.34 bits per heavy atom. The van der Waals surface area contributed by atoms with E-state index in [0.717, 1.165) is 17.5 Å². The van der Waals surface area contributed by atoms with Gasteiger partial charge in [0.15, 0.2) is 0 Å². The predicted molar refractivity (Wildman–Crippen MR) is 128 cm³/mol. The molecule has 172 valence electrons. The van der Waals surface area contributed by atoms with Crippen LogP contribution >= 0.6 is 11.8 Å². The topological polar surface area (TPSA) is 92.6 Å². The summed E-state index contributed by atoms with van der Waals surface area (Å²) in [5.74, 6) is 0.612. The number of carbonyl (C=O) groups is 2. The van der Waals surface area contributed by atoms with E-state index < -0.39 is 11.0 Å². The van der Waals surface area contributed by atoms with E-state index in [9.17, 15) is 19.7 Å². The van der Waals surface area contributed by atoms with Gasteiger partial charge in [-0.15, -0.1) is 11.8 Å². The Bertz CT molecular complexity index is 875. The SMILES string of the molecule is CCCNC(=O)[C@@H](CC)N(CCc1ccccc1)C(=O)CSCc1ccc([N+](=O)[O-])cc1. The number of nitrogens with one attached hydrogen (secondary N) is 1. The van der Waals surface area contributed by atoms with Gasteiger partial charge in [-0.05, 0) is 30.4 Å². The summed E-state index contributed by atoms with van der Waals surface area (Å²) in [6.45, 7) is 4.97. The van der Waals surface area contributed by atoms with E-state index in [2.05, 4.69) is 5.32 Å². The van der Waals surface area contributed by atoms with Gasteiger partial charge in [0.2, 0.25) is 11.8 Å². The van der Waals surface area contributed by atoms with Gasteiger partial charge in [-0.3, -0.25) is 19.7 Å². The maximum atomic E-state index is 13.1. The molecule has 0 radical (unpaired) electrons. The fourth-order valence-electron chi connectivity index (χ4n) is 3.31. The zero-order valence-electron chi connectivity index (χ0n) is 18.7. The number of nitrogens with zero attached hydrogens (tertiary/aromatic N) is 2. The summed E-state index contributed by atoms with van der Waals surface area (Å²) in [6.07, 6.45) is 2.06. The molecule has 2 amide bonds. The smallest absolute Gasteiger partial charge is 0.269 e. The first kappa shape index (κ1) is 25.4. The number of nitro benzene ring substituents is 1. The van der Waals surface area contributed by atoms with Gasteiger partial charge in [0.1, 0.15) is 6.04 Å². The van der Waals surface area contributed by atoms with Crippen LogP contribution in [0.25, 0.3) is 0 Å². The minimum absolute atomic E-state index is 0.0470. The van der Waals surface area contributed by atoms with Crippen molar-refractivity contribution in [3.63, 3.8) is 0 Å². The fourth-order valence-corrected chi connectivity index (χ4v) is 4.19. The molecule has 0 saturated heterocycles. The average molecular weight is 458 g/mol. The molecule has 0 unspecified atom stereocenters. The molecule has 0 bridgehead atoms. The van der Waals surface area contributed by atoms with Gasteiger partial charge in [-0.1, -0.05) is 56.3 Å². The molecule has 0 fully saturated rings. The van der Waals surface area contributed by atoms with Crippen molar-refractivity contribution in [2.45, 2.75) is 44.9 Å². The summed E-state index contributed by atoms with van der Waals surface area (Å²) in [4.78, 5) is 37.9. The summed E-state index contributed by atoms with van der Waals surface area (Å²) < 4.78 is 0. The normalized spacial score (nSPS) is 11.6. The summed E-state index contributed by atoms with van der Waals surface area (Å²) in [7, 11) is 0. The highest BCUT2D eigenvalue weighted by Gasteiger charge is 2.27. The molecule has 0 heterocycles. The van der Waals surface area contributed by atoms with E-state index in [1.54, 1.807) is 17.0 Å². The number of hydrogen-bond donors (Lipinski definition) is 1. The highest BCUT2D eigenvalue weighted by Crippen LogP contribution is 2.18. The van der Waals surface area contributed by atoms with Crippen molar-refractivity contribution in [1.29, 1.82) is 0 Å². The minimum Gasteiger partial charge on any atom is -0.354 e. The molecule has 0 spiro atoms. The van der Waals surface area contributed by atoms with Gasteiger partial charge >= 0.3 is 0 Å². The van der Waals surface area contributed by atoms with Gasteiger partial charge in [0.25, 0.3) is 5.69 Å². The van der Waals surface area contributed by atoms with Gasteiger partial charge in [0.05, 0.1) is 10.7 Å². The monoisotopic (exact) mass is 457 g/mol. The molecule has 1 atom stereocenters. The Balaban J connectivity index is 2.02. The van der Waals surface area contributed by atoms with Gasteiger partial charge in [0, 0.05) is 31.0 Å². The molecule has 0 aliphatic rings. The zero-order chi connectivity index (χ0) is 23.3. The fraction of sp³-hybridized carbons (Fsp3) is 0.417. The molecule has 32 heavy (non-hydrogen) atoms. The quantitative estimate of drug-likeness (QED) is 0.359. The summed E-state index contributed by atoms with van der Waals surface area (Å²) in [6, 6.07) is 15.8. The third kappa shape index (κ3) is 8.00. The first-order valence-electron chi connectivity index (χ1n) is 10.9. The molecular weight excluding hydrogens is 426 g/mol. The molecule has 2 aromatic carbocycles. The van der Waals surface area contributed by atoms with Crippen molar-refractivity contribution < 1.29 is 14.5 Å². The predicted octanol–water partition coefficient (Wildman–Crippen LogP) is 4.20. The van der Waals surface area contributed by atoms with Crippen molar-refractivity contribution in [2.75, 3.05) is 18.8 Å². The van der Waals surface area contributed by atoms with Crippen LogP contribution in [-0.4, -0.2) is 46.5 Å². The number of thioether (sulfide) groups is 1. The lowest BCUT2D eigenvalue weighted by atomic mass is 10.1. The van der Waals surface area contributed by atoms with Crippen molar-refractivity contribution >= 4 is 29.3 Å². The molecule has 0 aliphatic heterocycles. The van der Waals surface area contributed by atoms with E-state index >= 15 is 0 Å². The third-order valence-corrected chi connectivity index (χ3v) is 6.05. The second-order valence-corrected chi connectivity index (χ2v) is 8.44. The molecule has 2 aromatic rings. The van der Waals surface area contributed by atoms with Crippen LogP contribution in [0.15, 0.2) is 54.6 Å². The number of non-ortho nitro benzene ring substituents is 1. The summed E-state index contributed by atoms with van der Waals surface area (Å²) >= 11 is 1.44. The highest BCUT2D eigenvalue weighted by molar-refractivity contribution is 7.99. The first-order chi connectivity index (χ1) is 15.5. The lowest BCUT2D eigenvalue weighted by molar-refractivity contribution is -0.384. The Morgan fingerprint density at radius 2 is 1.75 bits per heavy atom. The van der Waals surface area contributed by atoms with Crippen LogP contribution < -0.4 is 5.32 Å². The van der Waals surface area contributed by atoms with E-state index in [0.29, 0.717) is 31.7 Å². The molecule has 1 N–H and O–H groups in total. The molecule has 0 aromatic heterocycles. The standard InChI is InChI=1S/C24H31N3O4S/c1-3-15-25-24(29)22(4-2)26(16-14-19-8-6-5-7-9-19)23(28)18-32-17-20-10-12-21(13-11-20)27(30)31/h5-13,22H,3-4,14-18H2,1-2H3,(H,25,29)/t22-/m1/s1. The molecule has 8 heteroatoms. The van der Waals surface area contributed by atoms with Crippen LogP contribution in [0.5, 0.6) is 0 Å². The maximum Gasteiger partial charge on any atom is 0.269 e. The number of amides is 2. The molecule has 2 rings (SSSR count). The van der Waals surface area contributed by atoms with E-state index in [-0.39, 0.29) is 23.3 Å². The minimum atomic E-state index is -0.502. The average Bonchev–Trinajstić information content (AvgIpc) is 2.81. The maximum absolute atomic E-state index is 13.1. The van der Waals surface area contributed by atoms with Crippen molar-refractivity contribution in [1.82, 2.24) is 10.2 Å².